The lowest BCUT2D eigenvalue weighted by atomic mass is 10.2. The molecule has 128 valence electrons. The molecule has 3 rings (SSSR count). The number of hydrogen-bond acceptors (Lipinski definition) is 4. The van der Waals surface area contributed by atoms with Gasteiger partial charge in [0.05, 0.1) is 10.9 Å². The Labute approximate surface area is 149 Å². The molecule has 6 nitrogen and oxygen atoms in total. The first-order valence-corrected chi connectivity index (χ1v) is 8.63. The highest BCUT2D eigenvalue weighted by atomic mass is 32.2. The van der Waals surface area contributed by atoms with Crippen molar-refractivity contribution in [1.82, 2.24) is 0 Å². The fourth-order valence-corrected chi connectivity index (χ4v) is 3.60. The average Bonchev–Trinajstić information content (AvgIpc) is 2.55. The van der Waals surface area contributed by atoms with Crippen LogP contribution in [0.4, 0.5) is 17.1 Å². The molecule has 0 saturated heterocycles. The highest BCUT2D eigenvalue weighted by Gasteiger charge is 2.28. The van der Waals surface area contributed by atoms with Gasteiger partial charge in [-0.1, -0.05) is 18.2 Å². The fourth-order valence-electron chi connectivity index (χ4n) is 2.49. The quantitative estimate of drug-likeness (QED) is 0.786. The van der Waals surface area contributed by atoms with Crippen LogP contribution in [0.25, 0.3) is 0 Å². The minimum Gasteiger partial charge on any atom is -0.326 e. The summed E-state index contributed by atoms with van der Waals surface area (Å²) in [7, 11) is 0. The van der Waals surface area contributed by atoms with Gasteiger partial charge in [-0.05, 0) is 30.3 Å². The Hall–Kier alpha value is -2.80. The van der Waals surface area contributed by atoms with E-state index in [0.717, 1.165) is 10.6 Å². The van der Waals surface area contributed by atoms with Crippen LogP contribution < -0.4 is 16.0 Å². The van der Waals surface area contributed by atoms with Gasteiger partial charge in [0.2, 0.25) is 17.7 Å². The van der Waals surface area contributed by atoms with E-state index in [1.54, 1.807) is 24.3 Å². The monoisotopic (exact) mass is 355 g/mol. The summed E-state index contributed by atoms with van der Waals surface area (Å²) in [6.45, 7) is 1.42. The lowest BCUT2D eigenvalue weighted by Crippen LogP contribution is -2.32. The van der Waals surface area contributed by atoms with Gasteiger partial charge in [0, 0.05) is 29.6 Å². The lowest BCUT2D eigenvalue weighted by Gasteiger charge is -2.23. The standard InChI is InChI=1S/C18H17N3O3S/c1-11(22)19-12-5-4-6-13(9-12)20-17(23)10-16-18(24)21-14-7-2-3-8-15(14)25-16/h2-9,16H,10H2,1H3,(H,19,22)(H,20,23)(H,21,24). The number of carbonyl (C=O) groups is 3. The number of para-hydroxylation sites is 1. The Morgan fingerprint density at radius 1 is 1.08 bits per heavy atom. The van der Waals surface area contributed by atoms with Gasteiger partial charge in [-0.15, -0.1) is 11.8 Å². The molecule has 0 spiro atoms. The van der Waals surface area contributed by atoms with Crippen molar-refractivity contribution in [3.63, 3.8) is 0 Å². The molecule has 1 aliphatic heterocycles. The molecule has 0 fully saturated rings. The SMILES string of the molecule is CC(=O)Nc1cccc(NC(=O)CC2Sc3ccccc3NC2=O)c1. The predicted octanol–water partition coefficient (Wildman–Crippen LogP) is 3.09. The molecule has 2 aromatic carbocycles. The van der Waals surface area contributed by atoms with Crippen LogP contribution in [0, 0.1) is 0 Å². The van der Waals surface area contributed by atoms with Crippen LogP contribution in [0.1, 0.15) is 13.3 Å². The summed E-state index contributed by atoms with van der Waals surface area (Å²) in [5.41, 5.74) is 1.94. The van der Waals surface area contributed by atoms with E-state index in [1.807, 2.05) is 24.3 Å². The summed E-state index contributed by atoms with van der Waals surface area (Å²) < 4.78 is 0. The molecule has 0 aromatic heterocycles. The molecule has 3 amide bonds. The first kappa shape index (κ1) is 17.0. The van der Waals surface area contributed by atoms with Crippen molar-refractivity contribution < 1.29 is 14.4 Å². The van der Waals surface area contributed by atoms with E-state index in [1.165, 1.54) is 18.7 Å². The number of fused-ring (bicyclic) bond motifs is 1. The van der Waals surface area contributed by atoms with E-state index in [4.69, 9.17) is 0 Å². The third-order valence-corrected chi connectivity index (χ3v) is 4.82. The van der Waals surface area contributed by atoms with Crippen molar-refractivity contribution in [2.45, 2.75) is 23.5 Å². The number of carbonyl (C=O) groups excluding carboxylic acids is 3. The molecule has 1 heterocycles. The van der Waals surface area contributed by atoms with Crippen LogP contribution >= 0.6 is 11.8 Å². The molecule has 0 aliphatic carbocycles. The minimum atomic E-state index is -0.478. The second kappa shape index (κ2) is 7.40. The van der Waals surface area contributed by atoms with Crippen molar-refractivity contribution in [2.24, 2.45) is 0 Å². The van der Waals surface area contributed by atoms with Gasteiger partial charge >= 0.3 is 0 Å². The molecule has 2 aromatic rings. The zero-order chi connectivity index (χ0) is 17.8. The first-order valence-electron chi connectivity index (χ1n) is 7.75. The van der Waals surface area contributed by atoms with Crippen LogP contribution in [0.2, 0.25) is 0 Å². The van der Waals surface area contributed by atoms with Crippen LogP contribution in [0.3, 0.4) is 0 Å². The van der Waals surface area contributed by atoms with Crippen molar-refractivity contribution in [3.05, 3.63) is 48.5 Å². The molecular weight excluding hydrogens is 338 g/mol. The van der Waals surface area contributed by atoms with E-state index in [2.05, 4.69) is 16.0 Å². The number of amides is 3. The summed E-state index contributed by atoms with van der Waals surface area (Å²) in [4.78, 5) is 36.5. The summed E-state index contributed by atoms with van der Waals surface area (Å²) in [6, 6.07) is 14.4. The summed E-state index contributed by atoms with van der Waals surface area (Å²) in [5.74, 6) is -0.615. The number of hydrogen-bond donors (Lipinski definition) is 3. The van der Waals surface area contributed by atoms with Crippen molar-refractivity contribution >= 4 is 46.5 Å². The number of anilines is 3. The normalized spacial score (nSPS) is 15.7. The molecule has 0 saturated carbocycles. The molecule has 1 aliphatic rings. The lowest BCUT2D eigenvalue weighted by molar-refractivity contribution is -0.120. The van der Waals surface area contributed by atoms with Crippen LogP contribution in [0.5, 0.6) is 0 Å². The van der Waals surface area contributed by atoms with E-state index in [-0.39, 0.29) is 24.1 Å². The fraction of sp³-hybridized carbons (Fsp3) is 0.167. The minimum absolute atomic E-state index is 0.0647. The van der Waals surface area contributed by atoms with Crippen molar-refractivity contribution in [1.29, 1.82) is 0 Å². The van der Waals surface area contributed by atoms with Gasteiger partial charge in [0.25, 0.3) is 0 Å². The zero-order valence-corrected chi connectivity index (χ0v) is 14.4. The molecule has 7 heteroatoms. The third kappa shape index (κ3) is 4.39. The highest BCUT2D eigenvalue weighted by Crippen LogP contribution is 2.36. The topological polar surface area (TPSA) is 87.3 Å². The van der Waals surface area contributed by atoms with Crippen LogP contribution in [-0.2, 0) is 14.4 Å². The largest absolute Gasteiger partial charge is 0.326 e. The Morgan fingerprint density at radius 2 is 1.80 bits per heavy atom. The van der Waals surface area contributed by atoms with E-state index in [0.29, 0.717) is 11.4 Å². The summed E-state index contributed by atoms with van der Waals surface area (Å²) in [6.07, 6.45) is 0.0647. The Balaban J connectivity index is 1.63. The van der Waals surface area contributed by atoms with E-state index in [9.17, 15) is 14.4 Å². The Kier molecular flexibility index (Phi) is 5.04. The van der Waals surface area contributed by atoms with E-state index >= 15 is 0 Å². The van der Waals surface area contributed by atoms with Gasteiger partial charge in [0.15, 0.2) is 0 Å². The maximum absolute atomic E-state index is 12.3. The maximum Gasteiger partial charge on any atom is 0.238 e. The molecule has 1 unspecified atom stereocenters. The van der Waals surface area contributed by atoms with Crippen molar-refractivity contribution in [3.8, 4) is 0 Å². The van der Waals surface area contributed by atoms with Gasteiger partial charge in [0.1, 0.15) is 0 Å². The van der Waals surface area contributed by atoms with Gasteiger partial charge in [-0.2, -0.15) is 0 Å². The van der Waals surface area contributed by atoms with E-state index < -0.39 is 5.25 Å². The zero-order valence-electron chi connectivity index (χ0n) is 13.5. The molecule has 1 atom stereocenters. The Morgan fingerprint density at radius 3 is 2.56 bits per heavy atom. The molecular formula is C18H17N3O3S. The molecule has 0 bridgehead atoms. The molecule has 25 heavy (non-hydrogen) atoms. The number of nitrogens with one attached hydrogen (secondary N) is 3. The second-order valence-electron chi connectivity index (χ2n) is 5.61. The predicted molar refractivity (Wildman–Crippen MR) is 98.7 cm³/mol. The molecule has 3 N–H and O–H groups in total. The van der Waals surface area contributed by atoms with Gasteiger partial charge < -0.3 is 16.0 Å². The number of thioether (sulfide) groups is 1. The number of rotatable bonds is 4. The van der Waals surface area contributed by atoms with Crippen LogP contribution in [0.15, 0.2) is 53.4 Å². The number of benzene rings is 2. The van der Waals surface area contributed by atoms with Crippen LogP contribution in [-0.4, -0.2) is 23.0 Å². The maximum atomic E-state index is 12.3. The smallest absolute Gasteiger partial charge is 0.238 e. The highest BCUT2D eigenvalue weighted by molar-refractivity contribution is 8.01. The van der Waals surface area contributed by atoms with Crippen molar-refractivity contribution in [2.75, 3.05) is 16.0 Å². The summed E-state index contributed by atoms with van der Waals surface area (Å²) in [5, 5.41) is 7.77. The Bertz CT molecular complexity index is 838. The second-order valence-corrected chi connectivity index (χ2v) is 6.85. The average molecular weight is 355 g/mol. The van der Waals surface area contributed by atoms with Gasteiger partial charge in [-0.25, -0.2) is 0 Å². The first-order chi connectivity index (χ1) is 12.0. The molecule has 0 radical (unpaired) electrons. The third-order valence-electron chi connectivity index (χ3n) is 3.54. The van der Waals surface area contributed by atoms with Gasteiger partial charge in [-0.3, -0.25) is 14.4 Å². The summed E-state index contributed by atoms with van der Waals surface area (Å²) >= 11 is 1.39.